The fourth-order valence-corrected chi connectivity index (χ4v) is 3.09. The lowest BCUT2D eigenvalue weighted by molar-refractivity contribution is -0.137. The molecule has 0 aromatic heterocycles. The van der Waals surface area contributed by atoms with E-state index < -0.39 is 5.97 Å². The minimum Gasteiger partial charge on any atom is -0.481 e. The van der Waals surface area contributed by atoms with Crippen LogP contribution in [0.4, 0.5) is 0 Å². The van der Waals surface area contributed by atoms with Crippen molar-refractivity contribution in [3.05, 3.63) is 12.2 Å². The number of carbonyl (C=O) groups is 2. The third-order valence-electron chi connectivity index (χ3n) is 4.25. The van der Waals surface area contributed by atoms with E-state index in [-0.39, 0.29) is 12.3 Å². The molecular weight excluding hydrogens is 252 g/mol. The number of rotatable bonds is 10. The SMILES string of the molecule is CC/C=C\CC1C(=O)CCC1CCCCCCC(=O)O. The van der Waals surface area contributed by atoms with E-state index in [1.807, 2.05) is 0 Å². The fourth-order valence-electron chi connectivity index (χ4n) is 3.09. The first kappa shape index (κ1) is 16.9. The lowest BCUT2D eigenvalue weighted by Crippen LogP contribution is -2.14. The lowest BCUT2D eigenvalue weighted by Gasteiger charge is -2.16. The minimum absolute atomic E-state index is 0.247. The van der Waals surface area contributed by atoms with E-state index >= 15 is 0 Å². The van der Waals surface area contributed by atoms with Crippen molar-refractivity contribution in [1.29, 1.82) is 0 Å². The highest BCUT2D eigenvalue weighted by Crippen LogP contribution is 2.35. The number of unbranched alkanes of at least 4 members (excludes halogenated alkanes) is 3. The van der Waals surface area contributed by atoms with Crippen molar-refractivity contribution in [3.8, 4) is 0 Å². The summed E-state index contributed by atoms with van der Waals surface area (Å²) in [5.41, 5.74) is 0. The van der Waals surface area contributed by atoms with E-state index in [1.165, 1.54) is 0 Å². The largest absolute Gasteiger partial charge is 0.481 e. The standard InChI is InChI=1S/C17H28O3/c1-2-3-6-10-15-14(12-13-16(15)18)9-7-4-5-8-11-17(19)20/h3,6,14-15H,2,4-5,7-13H2,1H3,(H,19,20)/b6-3-. The molecule has 1 fully saturated rings. The maximum Gasteiger partial charge on any atom is 0.303 e. The van der Waals surface area contributed by atoms with E-state index in [4.69, 9.17) is 5.11 Å². The van der Waals surface area contributed by atoms with Gasteiger partial charge in [0, 0.05) is 18.8 Å². The first-order valence-electron chi connectivity index (χ1n) is 8.04. The summed E-state index contributed by atoms with van der Waals surface area (Å²) in [4.78, 5) is 22.3. The number of hydrogen-bond acceptors (Lipinski definition) is 2. The Morgan fingerprint density at radius 3 is 2.70 bits per heavy atom. The number of carboxylic acids is 1. The molecule has 1 saturated carbocycles. The van der Waals surface area contributed by atoms with E-state index in [1.54, 1.807) is 0 Å². The van der Waals surface area contributed by atoms with Crippen LogP contribution < -0.4 is 0 Å². The average Bonchev–Trinajstić information content (AvgIpc) is 2.75. The Morgan fingerprint density at radius 2 is 2.00 bits per heavy atom. The molecule has 0 aromatic carbocycles. The second kappa shape index (κ2) is 9.73. The maximum atomic E-state index is 11.9. The molecule has 0 spiro atoms. The zero-order valence-electron chi connectivity index (χ0n) is 12.6. The van der Waals surface area contributed by atoms with Gasteiger partial charge in [0.05, 0.1) is 0 Å². The fraction of sp³-hybridized carbons (Fsp3) is 0.765. The summed E-state index contributed by atoms with van der Waals surface area (Å²) >= 11 is 0. The number of carboxylic acid groups (broad SMARTS) is 1. The van der Waals surface area contributed by atoms with Crippen LogP contribution in [-0.4, -0.2) is 16.9 Å². The highest BCUT2D eigenvalue weighted by Gasteiger charge is 2.32. The molecule has 20 heavy (non-hydrogen) atoms. The van der Waals surface area contributed by atoms with E-state index in [9.17, 15) is 9.59 Å². The lowest BCUT2D eigenvalue weighted by atomic mass is 9.87. The van der Waals surface area contributed by atoms with Crippen molar-refractivity contribution >= 4 is 11.8 Å². The predicted molar refractivity (Wildman–Crippen MR) is 80.6 cm³/mol. The molecule has 0 saturated heterocycles. The van der Waals surface area contributed by atoms with Crippen LogP contribution in [0, 0.1) is 11.8 Å². The zero-order chi connectivity index (χ0) is 14.8. The Bertz CT molecular complexity index is 333. The number of hydrogen-bond donors (Lipinski definition) is 1. The van der Waals surface area contributed by atoms with Crippen LogP contribution >= 0.6 is 0 Å². The van der Waals surface area contributed by atoms with Crippen LogP contribution in [0.15, 0.2) is 12.2 Å². The van der Waals surface area contributed by atoms with E-state index in [2.05, 4.69) is 19.1 Å². The van der Waals surface area contributed by atoms with Gasteiger partial charge in [0.15, 0.2) is 0 Å². The van der Waals surface area contributed by atoms with Crippen LogP contribution in [0.3, 0.4) is 0 Å². The predicted octanol–water partition coefficient (Wildman–Crippen LogP) is 4.36. The Hall–Kier alpha value is -1.12. The maximum absolute atomic E-state index is 11.9. The van der Waals surface area contributed by atoms with E-state index in [0.717, 1.165) is 57.8 Å². The first-order chi connectivity index (χ1) is 9.65. The van der Waals surface area contributed by atoms with Gasteiger partial charge in [-0.1, -0.05) is 38.3 Å². The second-order valence-corrected chi connectivity index (χ2v) is 5.83. The van der Waals surface area contributed by atoms with Crippen LogP contribution in [0.5, 0.6) is 0 Å². The van der Waals surface area contributed by atoms with Crippen molar-refractivity contribution in [2.75, 3.05) is 0 Å². The van der Waals surface area contributed by atoms with E-state index in [0.29, 0.717) is 11.7 Å². The van der Waals surface area contributed by atoms with Crippen molar-refractivity contribution < 1.29 is 14.7 Å². The Balaban J connectivity index is 2.19. The van der Waals surface area contributed by atoms with Gasteiger partial charge in [-0.25, -0.2) is 0 Å². The molecule has 1 rings (SSSR count). The molecule has 0 aromatic rings. The Kier molecular flexibility index (Phi) is 8.24. The molecule has 3 heteroatoms. The van der Waals surface area contributed by atoms with Gasteiger partial charge < -0.3 is 5.11 Å². The zero-order valence-corrected chi connectivity index (χ0v) is 12.6. The number of aliphatic carboxylic acids is 1. The van der Waals surface area contributed by atoms with Crippen LogP contribution in [0.2, 0.25) is 0 Å². The van der Waals surface area contributed by atoms with Crippen molar-refractivity contribution in [3.63, 3.8) is 0 Å². The monoisotopic (exact) mass is 280 g/mol. The van der Waals surface area contributed by atoms with Gasteiger partial charge in [-0.15, -0.1) is 0 Å². The summed E-state index contributed by atoms with van der Waals surface area (Å²) in [5.74, 6) is 0.552. The third kappa shape index (κ3) is 6.36. The van der Waals surface area contributed by atoms with Crippen molar-refractivity contribution in [2.24, 2.45) is 11.8 Å². The number of carbonyl (C=O) groups excluding carboxylic acids is 1. The molecule has 2 unspecified atom stereocenters. The molecule has 0 bridgehead atoms. The summed E-state index contributed by atoms with van der Waals surface area (Å²) in [5, 5.41) is 8.57. The summed E-state index contributed by atoms with van der Waals surface area (Å²) in [7, 11) is 0. The van der Waals surface area contributed by atoms with Crippen LogP contribution in [0.25, 0.3) is 0 Å². The normalized spacial score (nSPS) is 22.8. The van der Waals surface area contributed by atoms with Gasteiger partial charge >= 0.3 is 5.97 Å². The number of allylic oxidation sites excluding steroid dienone is 2. The molecule has 1 aliphatic carbocycles. The van der Waals surface area contributed by atoms with Gasteiger partial charge in [0.25, 0.3) is 0 Å². The summed E-state index contributed by atoms with van der Waals surface area (Å²) < 4.78 is 0. The van der Waals surface area contributed by atoms with Gasteiger partial charge in [-0.3, -0.25) is 9.59 Å². The topological polar surface area (TPSA) is 54.4 Å². The number of ketones is 1. The molecule has 114 valence electrons. The molecule has 1 N–H and O–H groups in total. The smallest absolute Gasteiger partial charge is 0.303 e. The van der Waals surface area contributed by atoms with Crippen molar-refractivity contribution in [1.82, 2.24) is 0 Å². The molecule has 0 amide bonds. The molecule has 0 heterocycles. The van der Waals surface area contributed by atoms with Crippen LogP contribution in [-0.2, 0) is 9.59 Å². The third-order valence-corrected chi connectivity index (χ3v) is 4.25. The molecule has 2 atom stereocenters. The molecule has 0 aliphatic heterocycles. The van der Waals surface area contributed by atoms with Crippen LogP contribution in [0.1, 0.15) is 71.1 Å². The first-order valence-corrected chi connectivity index (χ1v) is 8.04. The summed E-state index contributed by atoms with van der Waals surface area (Å²) in [6, 6.07) is 0. The average molecular weight is 280 g/mol. The summed E-state index contributed by atoms with van der Waals surface area (Å²) in [6.45, 7) is 2.11. The van der Waals surface area contributed by atoms with Gasteiger partial charge in [-0.05, 0) is 38.0 Å². The highest BCUT2D eigenvalue weighted by molar-refractivity contribution is 5.83. The summed E-state index contributed by atoms with van der Waals surface area (Å²) in [6.07, 6.45) is 13.5. The molecular formula is C17H28O3. The Morgan fingerprint density at radius 1 is 1.25 bits per heavy atom. The molecule has 0 radical (unpaired) electrons. The van der Waals surface area contributed by atoms with Gasteiger partial charge in [0.1, 0.15) is 5.78 Å². The quantitative estimate of drug-likeness (QED) is 0.477. The molecule has 1 aliphatic rings. The molecule has 3 nitrogen and oxygen atoms in total. The van der Waals surface area contributed by atoms with Gasteiger partial charge in [-0.2, -0.15) is 0 Å². The highest BCUT2D eigenvalue weighted by atomic mass is 16.4. The van der Waals surface area contributed by atoms with Gasteiger partial charge in [0.2, 0.25) is 0 Å². The minimum atomic E-state index is -0.700. The number of Topliss-reactive ketones (excluding diaryl/α,β-unsaturated/α-hetero) is 1. The van der Waals surface area contributed by atoms with Crippen molar-refractivity contribution in [2.45, 2.75) is 71.1 Å². The second-order valence-electron chi connectivity index (χ2n) is 5.83. The Labute approximate surface area is 122 Å².